The van der Waals surface area contributed by atoms with Crippen molar-refractivity contribution in [2.45, 2.75) is 26.8 Å². The zero-order valence-corrected chi connectivity index (χ0v) is 13.7. The topological polar surface area (TPSA) is 92.7 Å². The van der Waals surface area contributed by atoms with Crippen LogP contribution in [0.1, 0.15) is 28.7 Å². The van der Waals surface area contributed by atoms with Crippen LogP contribution in [-0.4, -0.2) is 32.0 Å². The molecule has 7 heteroatoms. The molecule has 3 heterocycles. The van der Waals surface area contributed by atoms with Crippen molar-refractivity contribution in [1.29, 1.82) is 0 Å². The summed E-state index contributed by atoms with van der Waals surface area (Å²) in [4.78, 5) is 36.3. The van der Waals surface area contributed by atoms with E-state index in [0.717, 1.165) is 11.4 Å². The molecule has 0 aliphatic rings. The van der Waals surface area contributed by atoms with Crippen LogP contribution in [0, 0.1) is 6.92 Å². The number of fused-ring (bicyclic) bond motifs is 1. The van der Waals surface area contributed by atoms with Gasteiger partial charge in [0.2, 0.25) is 5.43 Å². The van der Waals surface area contributed by atoms with Gasteiger partial charge in [-0.25, -0.2) is 9.97 Å². The van der Waals surface area contributed by atoms with Crippen LogP contribution in [0.5, 0.6) is 0 Å². The lowest BCUT2D eigenvalue weighted by molar-refractivity contribution is 0.0952. The van der Waals surface area contributed by atoms with Gasteiger partial charge in [0.25, 0.3) is 5.91 Å². The standard InChI is InChI=1S/C17H19N5O2/c1-3-22-9-14(15(23)13-5-4-11(2)21-16(13)22)17(24)19-7-6-12-8-18-10-20-12/h4-5,8-10H,3,6-7H2,1-2H3,(H,18,20)(H,19,24). The highest BCUT2D eigenvalue weighted by atomic mass is 16.2. The molecule has 3 aromatic rings. The summed E-state index contributed by atoms with van der Waals surface area (Å²) in [6.45, 7) is 4.88. The van der Waals surface area contributed by atoms with Crippen LogP contribution in [0.25, 0.3) is 11.0 Å². The number of nitrogens with zero attached hydrogens (tertiary/aromatic N) is 3. The van der Waals surface area contributed by atoms with Crippen LogP contribution in [0.3, 0.4) is 0 Å². The molecule has 2 N–H and O–H groups in total. The fraction of sp³-hybridized carbons (Fsp3) is 0.294. The Morgan fingerprint density at radius 3 is 2.92 bits per heavy atom. The molecule has 3 aromatic heterocycles. The number of amides is 1. The summed E-state index contributed by atoms with van der Waals surface area (Å²) in [5.74, 6) is -0.371. The second kappa shape index (κ2) is 6.66. The van der Waals surface area contributed by atoms with Gasteiger partial charge in [-0.15, -0.1) is 0 Å². The van der Waals surface area contributed by atoms with Crippen LogP contribution < -0.4 is 10.7 Å². The van der Waals surface area contributed by atoms with Crippen molar-refractivity contribution >= 4 is 16.9 Å². The van der Waals surface area contributed by atoms with E-state index < -0.39 is 0 Å². The number of aromatic amines is 1. The molecule has 1 amide bonds. The largest absolute Gasteiger partial charge is 0.351 e. The zero-order valence-electron chi connectivity index (χ0n) is 13.7. The van der Waals surface area contributed by atoms with Crippen LogP contribution >= 0.6 is 0 Å². The first kappa shape index (κ1) is 15.9. The minimum absolute atomic E-state index is 0.139. The molecule has 0 atom stereocenters. The molecule has 24 heavy (non-hydrogen) atoms. The Bertz CT molecular complexity index is 928. The van der Waals surface area contributed by atoms with Crippen molar-refractivity contribution in [3.05, 3.63) is 58.0 Å². The summed E-state index contributed by atoms with van der Waals surface area (Å²) >= 11 is 0. The normalized spacial score (nSPS) is 10.9. The minimum atomic E-state index is -0.371. The molecule has 0 fully saturated rings. The highest BCUT2D eigenvalue weighted by Gasteiger charge is 2.15. The van der Waals surface area contributed by atoms with E-state index in [4.69, 9.17) is 0 Å². The van der Waals surface area contributed by atoms with Gasteiger partial charge in [0.1, 0.15) is 11.2 Å². The van der Waals surface area contributed by atoms with Crippen molar-refractivity contribution in [2.75, 3.05) is 6.54 Å². The van der Waals surface area contributed by atoms with E-state index in [1.807, 2.05) is 18.4 Å². The second-order valence-corrected chi connectivity index (χ2v) is 5.56. The number of H-pyrrole nitrogens is 1. The number of carbonyl (C=O) groups excluding carboxylic acids is 1. The number of aryl methyl sites for hydroxylation is 2. The second-order valence-electron chi connectivity index (χ2n) is 5.56. The van der Waals surface area contributed by atoms with Gasteiger partial charge in [-0.2, -0.15) is 0 Å². The lowest BCUT2D eigenvalue weighted by Crippen LogP contribution is -2.31. The van der Waals surface area contributed by atoms with E-state index in [-0.39, 0.29) is 16.9 Å². The summed E-state index contributed by atoms with van der Waals surface area (Å²) in [6.07, 6.45) is 5.51. The molecule has 0 spiro atoms. The van der Waals surface area contributed by atoms with E-state index in [1.165, 1.54) is 0 Å². The molecular formula is C17H19N5O2. The molecule has 0 aromatic carbocycles. The quantitative estimate of drug-likeness (QED) is 0.742. The van der Waals surface area contributed by atoms with Crippen molar-refractivity contribution in [1.82, 2.24) is 24.8 Å². The molecule has 0 saturated heterocycles. The number of carbonyl (C=O) groups is 1. The van der Waals surface area contributed by atoms with Crippen molar-refractivity contribution in [3.63, 3.8) is 0 Å². The Hall–Kier alpha value is -2.96. The van der Waals surface area contributed by atoms with Gasteiger partial charge in [0.05, 0.1) is 11.7 Å². The van der Waals surface area contributed by atoms with Gasteiger partial charge in [-0.3, -0.25) is 9.59 Å². The van der Waals surface area contributed by atoms with Crippen LogP contribution in [0.15, 0.2) is 35.6 Å². The number of nitrogens with one attached hydrogen (secondary N) is 2. The van der Waals surface area contributed by atoms with Gasteiger partial charge in [0.15, 0.2) is 0 Å². The zero-order chi connectivity index (χ0) is 17.1. The molecule has 7 nitrogen and oxygen atoms in total. The van der Waals surface area contributed by atoms with Crippen LogP contribution in [0.4, 0.5) is 0 Å². The Balaban J connectivity index is 1.88. The molecule has 0 aliphatic carbocycles. The Morgan fingerprint density at radius 1 is 1.38 bits per heavy atom. The van der Waals surface area contributed by atoms with Crippen LogP contribution in [-0.2, 0) is 13.0 Å². The van der Waals surface area contributed by atoms with Gasteiger partial charge < -0.3 is 14.9 Å². The Labute approximate surface area is 138 Å². The molecular weight excluding hydrogens is 306 g/mol. The van der Waals surface area contributed by atoms with E-state index in [9.17, 15) is 9.59 Å². The summed E-state index contributed by atoms with van der Waals surface area (Å²) < 4.78 is 1.83. The SMILES string of the molecule is CCn1cc(C(=O)NCCc2cnc[nH]2)c(=O)c2ccc(C)nc21. The molecule has 0 radical (unpaired) electrons. The third kappa shape index (κ3) is 3.05. The smallest absolute Gasteiger partial charge is 0.256 e. The average Bonchev–Trinajstić information content (AvgIpc) is 3.08. The number of hydrogen-bond donors (Lipinski definition) is 2. The van der Waals surface area contributed by atoms with E-state index in [0.29, 0.717) is 30.5 Å². The summed E-state index contributed by atoms with van der Waals surface area (Å²) in [5.41, 5.74) is 2.22. The number of hydrogen-bond acceptors (Lipinski definition) is 4. The average molecular weight is 325 g/mol. The maximum Gasteiger partial charge on any atom is 0.256 e. The number of imidazole rings is 1. The first-order valence-corrected chi connectivity index (χ1v) is 7.86. The number of pyridine rings is 2. The first-order chi connectivity index (χ1) is 11.6. The molecule has 0 bridgehead atoms. The molecule has 0 saturated carbocycles. The minimum Gasteiger partial charge on any atom is -0.351 e. The predicted molar refractivity (Wildman–Crippen MR) is 91.0 cm³/mol. The maximum atomic E-state index is 12.6. The molecule has 0 aliphatic heterocycles. The van der Waals surface area contributed by atoms with Crippen LogP contribution in [0.2, 0.25) is 0 Å². The van der Waals surface area contributed by atoms with Gasteiger partial charge in [0, 0.05) is 43.3 Å². The monoisotopic (exact) mass is 325 g/mol. The summed E-state index contributed by atoms with van der Waals surface area (Å²) in [7, 11) is 0. The number of aromatic nitrogens is 4. The Kier molecular flexibility index (Phi) is 4.41. The highest BCUT2D eigenvalue weighted by molar-refractivity contribution is 5.96. The highest BCUT2D eigenvalue weighted by Crippen LogP contribution is 2.11. The van der Waals surface area contributed by atoms with Gasteiger partial charge >= 0.3 is 0 Å². The summed E-state index contributed by atoms with van der Waals surface area (Å²) in [6, 6.07) is 3.51. The third-order valence-corrected chi connectivity index (χ3v) is 3.88. The third-order valence-electron chi connectivity index (χ3n) is 3.88. The van der Waals surface area contributed by atoms with Gasteiger partial charge in [-0.1, -0.05) is 0 Å². The van der Waals surface area contributed by atoms with Crippen molar-refractivity contribution in [2.24, 2.45) is 0 Å². The fourth-order valence-corrected chi connectivity index (χ4v) is 2.59. The van der Waals surface area contributed by atoms with Crippen molar-refractivity contribution in [3.8, 4) is 0 Å². The lowest BCUT2D eigenvalue weighted by atomic mass is 10.1. The number of rotatable bonds is 5. The first-order valence-electron chi connectivity index (χ1n) is 7.86. The van der Waals surface area contributed by atoms with Gasteiger partial charge in [-0.05, 0) is 26.0 Å². The predicted octanol–water partition coefficient (Wildman–Crippen LogP) is 1.42. The molecule has 0 unspecified atom stereocenters. The van der Waals surface area contributed by atoms with E-state index in [1.54, 1.807) is 30.9 Å². The van der Waals surface area contributed by atoms with Crippen molar-refractivity contribution < 1.29 is 4.79 Å². The molecule has 3 rings (SSSR count). The molecule has 124 valence electrons. The maximum absolute atomic E-state index is 12.6. The lowest BCUT2D eigenvalue weighted by Gasteiger charge is -2.11. The summed E-state index contributed by atoms with van der Waals surface area (Å²) in [5, 5.41) is 3.25. The Morgan fingerprint density at radius 2 is 2.21 bits per heavy atom. The van der Waals surface area contributed by atoms with E-state index in [2.05, 4.69) is 20.3 Å². The fourth-order valence-electron chi connectivity index (χ4n) is 2.59. The van der Waals surface area contributed by atoms with E-state index >= 15 is 0 Å².